The summed E-state index contributed by atoms with van der Waals surface area (Å²) in [5, 5.41) is 4.12. The summed E-state index contributed by atoms with van der Waals surface area (Å²) in [6.45, 7) is 1.78. The van der Waals surface area contributed by atoms with Crippen LogP contribution >= 0.6 is 11.3 Å². The number of thiazole rings is 1. The summed E-state index contributed by atoms with van der Waals surface area (Å²) in [4.78, 5) is 5.87. The minimum Gasteiger partial charge on any atom is -0.496 e. The van der Waals surface area contributed by atoms with Gasteiger partial charge in [-0.3, -0.25) is 0 Å². The number of rotatable bonds is 2. The molecule has 1 N–H and O–H groups in total. The van der Waals surface area contributed by atoms with Crippen molar-refractivity contribution in [3.63, 3.8) is 0 Å². The second kappa shape index (κ2) is 4.66. The summed E-state index contributed by atoms with van der Waals surface area (Å²) in [6.07, 6.45) is 0.991. The topological polar surface area (TPSA) is 34.1 Å². The molecule has 0 spiro atoms. The summed E-state index contributed by atoms with van der Waals surface area (Å²) < 4.78 is 18.6. The third kappa shape index (κ3) is 2.00. The maximum atomic E-state index is 13.4. The molecule has 1 aliphatic rings. The standard InChI is InChI=1S/C13H13FN2OS/c1-17-11-3-2-8(14)6-9(11)13-16-10-7-15-5-4-12(10)18-13/h2-3,6,15H,4-5,7H2,1H3. The van der Waals surface area contributed by atoms with Gasteiger partial charge in [-0.2, -0.15) is 0 Å². The molecule has 0 aliphatic carbocycles. The number of hydrogen-bond acceptors (Lipinski definition) is 4. The van der Waals surface area contributed by atoms with Crippen molar-refractivity contribution in [1.29, 1.82) is 0 Å². The van der Waals surface area contributed by atoms with Gasteiger partial charge in [-0.1, -0.05) is 0 Å². The van der Waals surface area contributed by atoms with Gasteiger partial charge in [0.2, 0.25) is 0 Å². The molecule has 1 aromatic heterocycles. The van der Waals surface area contributed by atoms with Gasteiger partial charge >= 0.3 is 0 Å². The van der Waals surface area contributed by atoms with Crippen molar-refractivity contribution in [1.82, 2.24) is 10.3 Å². The molecule has 0 radical (unpaired) electrons. The molecule has 3 rings (SSSR count). The molecule has 0 fully saturated rings. The minimum absolute atomic E-state index is 0.267. The van der Waals surface area contributed by atoms with E-state index in [9.17, 15) is 4.39 Å². The first-order chi connectivity index (χ1) is 8.78. The monoisotopic (exact) mass is 264 g/mol. The average Bonchev–Trinajstić information content (AvgIpc) is 2.82. The Bertz CT molecular complexity index is 559. The number of aromatic nitrogens is 1. The van der Waals surface area contributed by atoms with Crippen LogP contribution in [-0.2, 0) is 13.0 Å². The molecule has 5 heteroatoms. The predicted octanol–water partition coefficient (Wildman–Crippen LogP) is 2.60. The second-order valence-electron chi connectivity index (χ2n) is 4.16. The third-order valence-corrected chi connectivity index (χ3v) is 4.18. The van der Waals surface area contributed by atoms with E-state index in [1.54, 1.807) is 24.5 Å². The van der Waals surface area contributed by atoms with Crippen LogP contribution in [0.4, 0.5) is 4.39 Å². The van der Waals surface area contributed by atoms with Crippen molar-refractivity contribution >= 4 is 11.3 Å². The van der Waals surface area contributed by atoms with Crippen LogP contribution in [0.2, 0.25) is 0 Å². The lowest BCUT2D eigenvalue weighted by Crippen LogP contribution is -2.22. The molecule has 0 amide bonds. The lowest BCUT2D eigenvalue weighted by molar-refractivity contribution is 0.415. The summed E-state index contributed by atoms with van der Waals surface area (Å²) in [5.74, 6) is 0.396. The largest absolute Gasteiger partial charge is 0.496 e. The Hall–Kier alpha value is -1.46. The number of hydrogen-bond donors (Lipinski definition) is 1. The Morgan fingerprint density at radius 1 is 1.44 bits per heavy atom. The van der Waals surface area contributed by atoms with Gasteiger partial charge in [-0.15, -0.1) is 11.3 Å². The fraction of sp³-hybridized carbons (Fsp3) is 0.308. The van der Waals surface area contributed by atoms with Gasteiger partial charge in [-0.25, -0.2) is 9.37 Å². The van der Waals surface area contributed by atoms with E-state index in [-0.39, 0.29) is 5.82 Å². The molecule has 0 unspecified atom stereocenters. The molecule has 1 aliphatic heterocycles. The molecule has 2 aromatic rings. The van der Waals surface area contributed by atoms with Crippen LogP contribution in [0, 0.1) is 5.82 Å². The number of halogens is 1. The maximum absolute atomic E-state index is 13.4. The highest BCUT2D eigenvalue weighted by Gasteiger charge is 2.18. The Balaban J connectivity index is 2.08. The van der Waals surface area contributed by atoms with Crippen molar-refractivity contribution in [3.8, 4) is 16.3 Å². The van der Waals surface area contributed by atoms with E-state index in [0.717, 1.165) is 35.8 Å². The minimum atomic E-state index is -0.267. The van der Waals surface area contributed by atoms with Crippen molar-refractivity contribution in [2.45, 2.75) is 13.0 Å². The summed E-state index contributed by atoms with van der Waals surface area (Å²) in [6, 6.07) is 4.53. The van der Waals surface area contributed by atoms with Gasteiger partial charge in [0.1, 0.15) is 16.6 Å². The third-order valence-electron chi connectivity index (χ3n) is 2.99. The van der Waals surface area contributed by atoms with Crippen molar-refractivity contribution in [2.24, 2.45) is 0 Å². The molecule has 1 aromatic carbocycles. The van der Waals surface area contributed by atoms with Gasteiger partial charge in [0.25, 0.3) is 0 Å². The van der Waals surface area contributed by atoms with Crippen LogP contribution in [0.3, 0.4) is 0 Å². The number of ether oxygens (including phenoxy) is 1. The van der Waals surface area contributed by atoms with Crippen LogP contribution in [0.5, 0.6) is 5.75 Å². The maximum Gasteiger partial charge on any atom is 0.129 e. The Kier molecular flexibility index (Phi) is 3.01. The van der Waals surface area contributed by atoms with Crippen molar-refractivity contribution in [3.05, 3.63) is 34.6 Å². The molecule has 2 heterocycles. The van der Waals surface area contributed by atoms with Crippen LogP contribution in [0.1, 0.15) is 10.6 Å². The Morgan fingerprint density at radius 2 is 2.33 bits per heavy atom. The van der Waals surface area contributed by atoms with E-state index in [4.69, 9.17) is 4.74 Å². The van der Waals surface area contributed by atoms with E-state index in [1.165, 1.54) is 17.0 Å². The number of nitrogens with one attached hydrogen (secondary N) is 1. The van der Waals surface area contributed by atoms with Gasteiger partial charge in [0.05, 0.1) is 18.4 Å². The zero-order valence-corrected chi connectivity index (χ0v) is 10.8. The van der Waals surface area contributed by atoms with Crippen LogP contribution in [-0.4, -0.2) is 18.6 Å². The average molecular weight is 264 g/mol. The van der Waals surface area contributed by atoms with E-state index in [2.05, 4.69) is 10.3 Å². The first kappa shape index (κ1) is 11.6. The van der Waals surface area contributed by atoms with Crippen LogP contribution < -0.4 is 10.1 Å². The molecule has 0 saturated carbocycles. The van der Waals surface area contributed by atoms with Gasteiger partial charge in [-0.05, 0) is 24.6 Å². The first-order valence-electron chi connectivity index (χ1n) is 5.81. The Labute approximate surface area is 109 Å². The van der Waals surface area contributed by atoms with E-state index in [1.807, 2.05) is 0 Å². The molecule has 3 nitrogen and oxygen atoms in total. The molecular formula is C13H13FN2OS. The highest BCUT2D eigenvalue weighted by molar-refractivity contribution is 7.15. The van der Waals surface area contributed by atoms with E-state index in [0.29, 0.717) is 5.75 Å². The number of methoxy groups -OCH3 is 1. The van der Waals surface area contributed by atoms with Crippen molar-refractivity contribution in [2.75, 3.05) is 13.7 Å². The van der Waals surface area contributed by atoms with Gasteiger partial charge < -0.3 is 10.1 Å². The molecule has 0 bridgehead atoms. The second-order valence-corrected chi connectivity index (χ2v) is 5.24. The Morgan fingerprint density at radius 3 is 3.11 bits per heavy atom. The predicted molar refractivity (Wildman–Crippen MR) is 69.5 cm³/mol. The fourth-order valence-corrected chi connectivity index (χ4v) is 3.19. The SMILES string of the molecule is COc1ccc(F)cc1-c1nc2c(s1)CCNC2. The quantitative estimate of drug-likeness (QED) is 0.905. The normalized spacial score (nSPS) is 14.3. The zero-order valence-electron chi connectivity index (χ0n) is 10.00. The summed E-state index contributed by atoms with van der Waals surface area (Å²) in [7, 11) is 1.59. The van der Waals surface area contributed by atoms with Gasteiger partial charge in [0.15, 0.2) is 0 Å². The molecule has 94 valence electrons. The zero-order chi connectivity index (χ0) is 12.5. The number of benzene rings is 1. The van der Waals surface area contributed by atoms with E-state index >= 15 is 0 Å². The number of fused-ring (bicyclic) bond motifs is 1. The van der Waals surface area contributed by atoms with Crippen LogP contribution in [0.15, 0.2) is 18.2 Å². The molecule has 18 heavy (non-hydrogen) atoms. The summed E-state index contributed by atoms with van der Waals surface area (Å²) in [5.41, 5.74) is 1.81. The van der Waals surface area contributed by atoms with Crippen molar-refractivity contribution < 1.29 is 9.13 Å². The molecule has 0 atom stereocenters. The number of nitrogens with zero attached hydrogens (tertiary/aromatic N) is 1. The highest BCUT2D eigenvalue weighted by atomic mass is 32.1. The smallest absolute Gasteiger partial charge is 0.129 e. The lowest BCUT2D eigenvalue weighted by Gasteiger charge is -2.09. The molecule has 0 saturated heterocycles. The van der Waals surface area contributed by atoms with Gasteiger partial charge in [0, 0.05) is 18.0 Å². The van der Waals surface area contributed by atoms with Crippen LogP contribution in [0.25, 0.3) is 10.6 Å². The highest BCUT2D eigenvalue weighted by Crippen LogP contribution is 2.35. The fourth-order valence-electron chi connectivity index (χ4n) is 2.09. The summed E-state index contributed by atoms with van der Waals surface area (Å²) >= 11 is 1.63. The molecular weight excluding hydrogens is 251 g/mol. The van der Waals surface area contributed by atoms with E-state index < -0.39 is 0 Å². The first-order valence-corrected chi connectivity index (χ1v) is 6.63. The lowest BCUT2D eigenvalue weighted by atomic mass is 10.2.